The Bertz CT molecular complexity index is 906. The van der Waals surface area contributed by atoms with Crippen LogP contribution in [0.15, 0.2) is 78.9 Å². The van der Waals surface area contributed by atoms with E-state index in [0.717, 1.165) is 0 Å². The van der Waals surface area contributed by atoms with Gasteiger partial charge in [-0.3, -0.25) is 14.9 Å². The average molecular weight is 363 g/mol. The highest BCUT2D eigenvalue weighted by Crippen LogP contribution is 2.18. The van der Waals surface area contributed by atoms with E-state index >= 15 is 0 Å². The van der Waals surface area contributed by atoms with Crippen LogP contribution in [0.2, 0.25) is 0 Å². The van der Waals surface area contributed by atoms with Gasteiger partial charge in [-0.2, -0.15) is 0 Å². The molecule has 3 rings (SSSR count). The lowest BCUT2D eigenvalue weighted by molar-refractivity contribution is -0.384. The Labute approximate surface area is 156 Å². The van der Waals surface area contributed by atoms with Crippen molar-refractivity contribution < 1.29 is 19.2 Å². The molecule has 0 fully saturated rings. The zero-order chi connectivity index (χ0) is 19.1. The van der Waals surface area contributed by atoms with E-state index in [1.807, 2.05) is 18.2 Å². The number of ether oxygens (including phenoxy) is 2. The molecule has 136 valence electrons. The van der Waals surface area contributed by atoms with Crippen LogP contribution < -0.4 is 9.47 Å². The first-order valence-corrected chi connectivity index (χ1v) is 8.33. The van der Waals surface area contributed by atoms with Crippen LogP contribution in [-0.2, 0) is 0 Å². The van der Waals surface area contributed by atoms with E-state index in [0.29, 0.717) is 35.8 Å². The van der Waals surface area contributed by atoms with Gasteiger partial charge in [-0.25, -0.2) is 0 Å². The van der Waals surface area contributed by atoms with Gasteiger partial charge >= 0.3 is 0 Å². The van der Waals surface area contributed by atoms with Gasteiger partial charge in [0.25, 0.3) is 5.69 Å². The highest BCUT2D eigenvalue weighted by atomic mass is 16.6. The van der Waals surface area contributed by atoms with Gasteiger partial charge in [-0.1, -0.05) is 30.3 Å². The number of non-ortho nitro benzene ring substituents is 1. The molecule has 0 aliphatic rings. The monoisotopic (exact) mass is 363 g/mol. The first kappa shape index (κ1) is 18.1. The van der Waals surface area contributed by atoms with E-state index in [4.69, 9.17) is 9.47 Å². The van der Waals surface area contributed by atoms with Gasteiger partial charge in [0, 0.05) is 23.3 Å². The Balaban J connectivity index is 1.47. The number of nitrogens with zero attached hydrogens (tertiary/aromatic N) is 1. The minimum Gasteiger partial charge on any atom is -0.490 e. The normalized spacial score (nSPS) is 10.2. The van der Waals surface area contributed by atoms with Crippen LogP contribution in [0.3, 0.4) is 0 Å². The summed E-state index contributed by atoms with van der Waals surface area (Å²) in [6, 6.07) is 21.9. The smallest absolute Gasteiger partial charge is 0.269 e. The van der Waals surface area contributed by atoms with Gasteiger partial charge in [0.15, 0.2) is 5.78 Å². The number of rotatable bonds is 8. The molecule has 0 aromatic heterocycles. The molecule has 27 heavy (non-hydrogen) atoms. The average Bonchev–Trinajstić information content (AvgIpc) is 2.72. The van der Waals surface area contributed by atoms with Crippen molar-refractivity contribution in [3.05, 3.63) is 100 Å². The second kappa shape index (κ2) is 8.62. The standard InChI is InChI=1S/C21H17NO5/c23-21(16-4-2-1-3-5-16)17-6-10-19(11-7-17)26-14-15-27-20-12-8-18(9-13-20)22(24)25/h1-13H,14-15H2. The summed E-state index contributed by atoms with van der Waals surface area (Å²) in [5.74, 6) is 1.13. The van der Waals surface area contributed by atoms with Crippen molar-refractivity contribution in [2.24, 2.45) is 0 Å². The minimum absolute atomic E-state index is 0.0174. The number of nitro groups is 1. The zero-order valence-corrected chi connectivity index (χ0v) is 14.4. The van der Waals surface area contributed by atoms with Crippen LogP contribution in [0.1, 0.15) is 15.9 Å². The van der Waals surface area contributed by atoms with Gasteiger partial charge in [0.05, 0.1) is 4.92 Å². The van der Waals surface area contributed by atoms with Crippen molar-refractivity contribution in [3.63, 3.8) is 0 Å². The first-order chi connectivity index (χ1) is 13.1. The Morgan fingerprint density at radius 2 is 1.22 bits per heavy atom. The second-order valence-electron chi connectivity index (χ2n) is 5.67. The van der Waals surface area contributed by atoms with Gasteiger partial charge < -0.3 is 9.47 Å². The number of hydrogen-bond donors (Lipinski definition) is 0. The molecule has 0 heterocycles. The van der Waals surface area contributed by atoms with Gasteiger partial charge in [0.1, 0.15) is 24.7 Å². The lowest BCUT2D eigenvalue weighted by atomic mass is 10.0. The maximum Gasteiger partial charge on any atom is 0.269 e. The van der Waals surface area contributed by atoms with Crippen molar-refractivity contribution in [3.8, 4) is 11.5 Å². The molecule has 0 bridgehead atoms. The maximum atomic E-state index is 12.3. The van der Waals surface area contributed by atoms with Crippen LogP contribution in [0.4, 0.5) is 5.69 Å². The summed E-state index contributed by atoms with van der Waals surface area (Å²) in [5.41, 5.74) is 1.25. The Morgan fingerprint density at radius 3 is 1.74 bits per heavy atom. The number of ketones is 1. The van der Waals surface area contributed by atoms with Crippen LogP contribution in [0.25, 0.3) is 0 Å². The number of nitro benzene ring substituents is 1. The van der Waals surface area contributed by atoms with E-state index in [-0.39, 0.29) is 11.5 Å². The van der Waals surface area contributed by atoms with Gasteiger partial charge in [0.2, 0.25) is 0 Å². The molecule has 3 aromatic rings. The maximum absolute atomic E-state index is 12.3. The topological polar surface area (TPSA) is 78.7 Å². The summed E-state index contributed by atoms with van der Waals surface area (Å²) >= 11 is 0. The lowest BCUT2D eigenvalue weighted by Crippen LogP contribution is -2.09. The first-order valence-electron chi connectivity index (χ1n) is 8.33. The Hall–Kier alpha value is -3.67. The third kappa shape index (κ3) is 4.92. The summed E-state index contributed by atoms with van der Waals surface area (Å²) in [4.78, 5) is 22.5. The van der Waals surface area contributed by atoms with E-state index < -0.39 is 4.92 Å². The SMILES string of the molecule is O=C(c1ccccc1)c1ccc(OCCOc2ccc([N+](=O)[O-])cc2)cc1. The summed E-state index contributed by atoms with van der Waals surface area (Å²) in [6.07, 6.45) is 0. The third-order valence-electron chi connectivity index (χ3n) is 3.82. The molecule has 3 aromatic carbocycles. The van der Waals surface area contributed by atoms with Gasteiger partial charge in [-0.15, -0.1) is 0 Å². The molecule has 0 saturated heterocycles. The third-order valence-corrected chi connectivity index (χ3v) is 3.82. The summed E-state index contributed by atoms with van der Waals surface area (Å²) in [6.45, 7) is 0.603. The molecule has 0 atom stereocenters. The van der Waals surface area contributed by atoms with Crippen LogP contribution in [0.5, 0.6) is 11.5 Å². The second-order valence-corrected chi connectivity index (χ2v) is 5.67. The largest absolute Gasteiger partial charge is 0.490 e. The van der Waals surface area contributed by atoms with E-state index in [1.165, 1.54) is 12.1 Å². The highest BCUT2D eigenvalue weighted by Gasteiger charge is 2.08. The fourth-order valence-corrected chi connectivity index (χ4v) is 2.44. The fraction of sp³-hybridized carbons (Fsp3) is 0.0952. The molecule has 0 aliphatic carbocycles. The van der Waals surface area contributed by atoms with Crippen LogP contribution in [-0.4, -0.2) is 23.9 Å². The lowest BCUT2D eigenvalue weighted by Gasteiger charge is -2.09. The summed E-state index contributed by atoms with van der Waals surface area (Å²) in [5, 5.41) is 10.6. The molecule has 6 heteroatoms. The number of carbonyl (C=O) groups is 1. The fourth-order valence-electron chi connectivity index (χ4n) is 2.44. The molecule has 0 radical (unpaired) electrons. The molecule has 0 spiro atoms. The quantitative estimate of drug-likeness (QED) is 0.258. The predicted molar refractivity (Wildman–Crippen MR) is 100 cm³/mol. The molecule has 6 nitrogen and oxygen atoms in total. The minimum atomic E-state index is -0.459. The number of hydrogen-bond acceptors (Lipinski definition) is 5. The molecular formula is C21H17NO5. The molecule has 0 unspecified atom stereocenters. The van der Waals surface area contributed by atoms with Crippen molar-refractivity contribution in [1.29, 1.82) is 0 Å². The van der Waals surface area contributed by atoms with E-state index in [2.05, 4.69) is 0 Å². The summed E-state index contributed by atoms with van der Waals surface area (Å²) in [7, 11) is 0. The van der Waals surface area contributed by atoms with Crippen molar-refractivity contribution >= 4 is 11.5 Å². The van der Waals surface area contributed by atoms with Gasteiger partial charge in [-0.05, 0) is 36.4 Å². The van der Waals surface area contributed by atoms with Crippen LogP contribution >= 0.6 is 0 Å². The number of benzene rings is 3. The van der Waals surface area contributed by atoms with Crippen molar-refractivity contribution in [1.82, 2.24) is 0 Å². The summed E-state index contributed by atoms with van der Waals surface area (Å²) < 4.78 is 11.1. The zero-order valence-electron chi connectivity index (χ0n) is 14.4. The van der Waals surface area contributed by atoms with Crippen LogP contribution in [0, 0.1) is 10.1 Å². The predicted octanol–water partition coefficient (Wildman–Crippen LogP) is 4.28. The Kier molecular flexibility index (Phi) is 5.79. The van der Waals surface area contributed by atoms with Crippen molar-refractivity contribution in [2.45, 2.75) is 0 Å². The molecule has 0 N–H and O–H groups in total. The van der Waals surface area contributed by atoms with E-state index in [1.54, 1.807) is 48.5 Å². The molecular weight excluding hydrogens is 346 g/mol. The number of carbonyl (C=O) groups excluding carboxylic acids is 1. The Morgan fingerprint density at radius 1 is 0.741 bits per heavy atom. The van der Waals surface area contributed by atoms with E-state index in [9.17, 15) is 14.9 Å². The molecule has 0 amide bonds. The van der Waals surface area contributed by atoms with Crippen molar-refractivity contribution in [2.75, 3.05) is 13.2 Å². The molecule has 0 saturated carbocycles. The molecule has 0 aliphatic heterocycles. The highest BCUT2D eigenvalue weighted by molar-refractivity contribution is 6.08.